The Morgan fingerprint density at radius 3 is 2.90 bits per heavy atom. The molecule has 2 heterocycles. The van der Waals surface area contributed by atoms with Crippen molar-refractivity contribution in [1.82, 2.24) is 15.5 Å². The SMILES string of the molecule is CC(C)CNCc1nnc(-c2cc3ccccc3o2)s1. The molecule has 0 bridgehead atoms. The van der Waals surface area contributed by atoms with E-state index in [2.05, 4.69) is 29.4 Å². The van der Waals surface area contributed by atoms with E-state index in [1.54, 1.807) is 11.3 Å². The van der Waals surface area contributed by atoms with E-state index in [0.29, 0.717) is 5.92 Å². The normalized spacial score (nSPS) is 11.6. The fourth-order valence-corrected chi connectivity index (χ4v) is 2.74. The Kier molecular flexibility index (Phi) is 3.80. The summed E-state index contributed by atoms with van der Waals surface area (Å²) in [6, 6.07) is 9.99. The third-order valence-corrected chi connectivity index (χ3v) is 3.87. The maximum Gasteiger partial charge on any atom is 0.183 e. The fraction of sp³-hybridized carbons (Fsp3) is 0.333. The number of nitrogens with zero attached hydrogens (tertiary/aromatic N) is 2. The van der Waals surface area contributed by atoms with Crippen molar-refractivity contribution in [3.63, 3.8) is 0 Å². The van der Waals surface area contributed by atoms with Crippen LogP contribution in [0, 0.1) is 5.92 Å². The van der Waals surface area contributed by atoms with Crippen molar-refractivity contribution < 1.29 is 4.42 Å². The molecule has 1 aromatic carbocycles. The second-order valence-corrected chi connectivity index (χ2v) is 6.24. The van der Waals surface area contributed by atoms with Crippen LogP contribution in [0.15, 0.2) is 34.7 Å². The van der Waals surface area contributed by atoms with Crippen LogP contribution in [0.1, 0.15) is 18.9 Å². The number of aromatic nitrogens is 2. The maximum absolute atomic E-state index is 5.80. The van der Waals surface area contributed by atoms with Gasteiger partial charge in [-0.15, -0.1) is 10.2 Å². The van der Waals surface area contributed by atoms with Crippen LogP contribution in [0.4, 0.5) is 0 Å². The Morgan fingerprint density at radius 2 is 2.10 bits per heavy atom. The number of rotatable bonds is 5. The van der Waals surface area contributed by atoms with Gasteiger partial charge in [-0.1, -0.05) is 43.4 Å². The molecule has 0 radical (unpaired) electrons. The molecule has 0 aliphatic heterocycles. The average Bonchev–Trinajstić information content (AvgIpc) is 3.03. The van der Waals surface area contributed by atoms with Crippen molar-refractivity contribution in [3.8, 4) is 10.8 Å². The lowest BCUT2D eigenvalue weighted by Crippen LogP contribution is -2.18. The van der Waals surface area contributed by atoms with Crippen molar-refractivity contribution in [2.45, 2.75) is 20.4 Å². The van der Waals surface area contributed by atoms with Crippen LogP contribution in [0.25, 0.3) is 21.7 Å². The summed E-state index contributed by atoms with van der Waals surface area (Å²) in [4.78, 5) is 0. The summed E-state index contributed by atoms with van der Waals surface area (Å²) < 4.78 is 5.80. The molecule has 2 aromatic heterocycles. The van der Waals surface area contributed by atoms with Crippen LogP contribution < -0.4 is 5.32 Å². The lowest BCUT2D eigenvalue weighted by molar-refractivity contribution is 0.550. The minimum Gasteiger partial charge on any atom is -0.453 e. The minimum absolute atomic E-state index is 0.637. The summed E-state index contributed by atoms with van der Waals surface area (Å²) in [5.74, 6) is 1.43. The monoisotopic (exact) mass is 287 g/mol. The van der Waals surface area contributed by atoms with Crippen molar-refractivity contribution >= 4 is 22.3 Å². The second kappa shape index (κ2) is 5.73. The van der Waals surface area contributed by atoms with Gasteiger partial charge in [-0.05, 0) is 24.6 Å². The third-order valence-electron chi connectivity index (χ3n) is 2.93. The molecule has 0 unspecified atom stereocenters. The van der Waals surface area contributed by atoms with Crippen LogP contribution in [-0.4, -0.2) is 16.7 Å². The first-order valence-corrected chi connectivity index (χ1v) is 7.56. The number of furan rings is 1. The van der Waals surface area contributed by atoms with E-state index in [4.69, 9.17) is 4.42 Å². The predicted octanol–water partition coefficient (Wildman–Crippen LogP) is 3.70. The van der Waals surface area contributed by atoms with E-state index >= 15 is 0 Å². The number of para-hydroxylation sites is 1. The van der Waals surface area contributed by atoms with Crippen molar-refractivity contribution in [2.24, 2.45) is 5.92 Å². The van der Waals surface area contributed by atoms with Crippen LogP contribution >= 0.6 is 11.3 Å². The van der Waals surface area contributed by atoms with E-state index in [-0.39, 0.29) is 0 Å². The molecular formula is C15H17N3OS. The van der Waals surface area contributed by atoms with Gasteiger partial charge in [0.2, 0.25) is 0 Å². The third kappa shape index (κ3) is 2.89. The van der Waals surface area contributed by atoms with E-state index in [1.807, 2.05) is 30.3 Å². The smallest absolute Gasteiger partial charge is 0.183 e. The number of hydrogen-bond acceptors (Lipinski definition) is 5. The van der Waals surface area contributed by atoms with Gasteiger partial charge in [0.25, 0.3) is 0 Å². The first kappa shape index (κ1) is 13.3. The highest BCUT2D eigenvalue weighted by atomic mass is 32.1. The number of fused-ring (bicyclic) bond motifs is 1. The van der Waals surface area contributed by atoms with Gasteiger partial charge in [-0.25, -0.2) is 0 Å². The highest BCUT2D eigenvalue weighted by Crippen LogP contribution is 2.29. The quantitative estimate of drug-likeness (QED) is 0.777. The highest BCUT2D eigenvalue weighted by molar-refractivity contribution is 7.14. The summed E-state index contributed by atoms with van der Waals surface area (Å²) in [7, 11) is 0. The Labute approximate surface area is 121 Å². The number of hydrogen-bond donors (Lipinski definition) is 1. The molecule has 0 aliphatic rings. The summed E-state index contributed by atoms with van der Waals surface area (Å²) in [6.45, 7) is 6.12. The molecule has 0 saturated heterocycles. The van der Waals surface area contributed by atoms with Gasteiger partial charge < -0.3 is 9.73 Å². The Balaban J connectivity index is 1.75. The summed E-state index contributed by atoms with van der Waals surface area (Å²) >= 11 is 1.57. The van der Waals surface area contributed by atoms with Gasteiger partial charge in [0.1, 0.15) is 10.6 Å². The molecular weight excluding hydrogens is 270 g/mol. The zero-order valence-electron chi connectivity index (χ0n) is 11.6. The van der Waals surface area contributed by atoms with Gasteiger partial charge in [-0.2, -0.15) is 0 Å². The minimum atomic E-state index is 0.637. The van der Waals surface area contributed by atoms with E-state index in [0.717, 1.165) is 39.8 Å². The van der Waals surface area contributed by atoms with Gasteiger partial charge in [0.05, 0.1) is 0 Å². The van der Waals surface area contributed by atoms with Gasteiger partial charge >= 0.3 is 0 Å². The molecule has 0 atom stereocenters. The Hall–Kier alpha value is -1.72. The van der Waals surface area contributed by atoms with Crippen LogP contribution in [0.5, 0.6) is 0 Å². The van der Waals surface area contributed by atoms with Crippen molar-refractivity contribution in [1.29, 1.82) is 0 Å². The van der Waals surface area contributed by atoms with Crippen molar-refractivity contribution in [3.05, 3.63) is 35.3 Å². The molecule has 0 amide bonds. The summed E-state index contributed by atoms with van der Waals surface area (Å²) in [6.07, 6.45) is 0. The van der Waals surface area contributed by atoms with Crippen LogP contribution in [-0.2, 0) is 6.54 Å². The van der Waals surface area contributed by atoms with Gasteiger partial charge in [-0.3, -0.25) is 0 Å². The second-order valence-electron chi connectivity index (χ2n) is 5.17. The molecule has 3 rings (SSSR count). The molecule has 5 heteroatoms. The predicted molar refractivity (Wildman–Crippen MR) is 81.7 cm³/mol. The molecule has 4 nitrogen and oxygen atoms in total. The Morgan fingerprint density at radius 1 is 1.25 bits per heavy atom. The maximum atomic E-state index is 5.80. The van der Waals surface area contributed by atoms with E-state index in [9.17, 15) is 0 Å². The topological polar surface area (TPSA) is 51.0 Å². The fourth-order valence-electron chi connectivity index (χ4n) is 1.98. The zero-order chi connectivity index (χ0) is 13.9. The Bertz CT molecular complexity index is 669. The van der Waals surface area contributed by atoms with E-state index < -0.39 is 0 Å². The van der Waals surface area contributed by atoms with Crippen molar-refractivity contribution in [2.75, 3.05) is 6.54 Å². The summed E-state index contributed by atoms with van der Waals surface area (Å²) in [5, 5.41) is 14.7. The molecule has 0 aliphatic carbocycles. The largest absolute Gasteiger partial charge is 0.453 e. The first-order chi connectivity index (χ1) is 9.72. The lowest BCUT2D eigenvalue weighted by atomic mass is 10.2. The zero-order valence-corrected chi connectivity index (χ0v) is 12.4. The molecule has 1 N–H and O–H groups in total. The first-order valence-electron chi connectivity index (χ1n) is 6.74. The van der Waals surface area contributed by atoms with Crippen LogP contribution in [0.3, 0.4) is 0 Å². The molecule has 104 valence electrons. The lowest BCUT2D eigenvalue weighted by Gasteiger charge is -2.03. The van der Waals surface area contributed by atoms with Crippen LogP contribution in [0.2, 0.25) is 0 Å². The molecule has 20 heavy (non-hydrogen) atoms. The summed E-state index contributed by atoms with van der Waals surface area (Å²) in [5.41, 5.74) is 0.886. The number of nitrogens with one attached hydrogen (secondary N) is 1. The average molecular weight is 287 g/mol. The standard InChI is InChI=1S/C15H17N3OS/c1-10(2)8-16-9-14-17-18-15(20-14)13-7-11-5-3-4-6-12(11)19-13/h3-7,10,16H,8-9H2,1-2H3. The van der Waals surface area contributed by atoms with Gasteiger partial charge in [0.15, 0.2) is 10.8 Å². The number of benzene rings is 1. The van der Waals surface area contributed by atoms with E-state index in [1.165, 1.54) is 0 Å². The molecule has 3 aromatic rings. The molecule has 0 fully saturated rings. The van der Waals surface area contributed by atoms with Gasteiger partial charge in [0, 0.05) is 11.9 Å². The molecule has 0 saturated carbocycles. The molecule has 0 spiro atoms. The highest BCUT2D eigenvalue weighted by Gasteiger charge is 2.11.